The summed E-state index contributed by atoms with van der Waals surface area (Å²) in [6, 6.07) is 1.56. The quantitative estimate of drug-likeness (QED) is 0.835. The molecule has 1 aromatic rings. The number of pyridine rings is 1. The number of hydrogen-bond acceptors (Lipinski definition) is 3. The molecule has 0 aliphatic rings. The Labute approximate surface area is 101 Å². The molecule has 0 spiro atoms. The molecule has 5 nitrogen and oxygen atoms in total. The lowest BCUT2D eigenvalue weighted by atomic mass is 10.1. The van der Waals surface area contributed by atoms with Gasteiger partial charge in [-0.1, -0.05) is 0 Å². The van der Waals surface area contributed by atoms with E-state index in [1.54, 1.807) is 26.2 Å². The Morgan fingerprint density at radius 2 is 2.18 bits per heavy atom. The standard InChI is InChI=1S/C12H17N3O2/c1-8-4-5-14-7-10(8)12(17)15(3)9(2)6-11(13)16/h4-5,7,9H,6H2,1-3H3,(H2,13,16)/t9-/m0/s1. The van der Waals surface area contributed by atoms with Crippen LogP contribution in [0.4, 0.5) is 0 Å². The van der Waals surface area contributed by atoms with Crippen LogP contribution < -0.4 is 5.73 Å². The van der Waals surface area contributed by atoms with Gasteiger partial charge >= 0.3 is 0 Å². The molecule has 0 aliphatic carbocycles. The van der Waals surface area contributed by atoms with Crippen LogP contribution in [-0.2, 0) is 4.79 Å². The number of carbonyl (C=O) groups is 2. The Hall–Kier alpha value is -1.91. The van der Waals surface area contributed by atoms with E-state index in [-0.39, 0.29) is 18.4 Å². The Balaban J connectivity index is 2.83. The summed E-state index contributed by atoms with van der Waals surface area (Å²) in [7, 11) is 1.66. The van der Waals surface area contributed by atoms with Crippen molar-refractivity contribution in [3.63, 3.8) is 0 Å². The van der Waals surface area contributed by atoms with Crippen molar-refractivity contribution >= 4 is 11.8 Å². The van der Waals surface area contributed by atoms with Crippen LogP contribution >= 0.6 is 0 Å². The fraction of sp³-hybridized carbons (Fsp3) is 0.417. The van der Waals surface area contributed by atoms with Gasteiger partial charge in [0.2, 0.25) is 5.91 Å². The van der Waals surface area contributed by atoms with E-state index in [9.17, 15) is 9.59 Å². The van der Waals surface area contributed by atoms with Gasteiger partial charge in [-0.05, 0) is 25.5 Å². The fourth-order valence-corrected chi connectivity index (χ4v) is 1.51. The summed E-state index contributed by atoms with van der Waals surface area (Å²) >= 11 is 0. The monoisotopic (exact) mass is 235 g/mol. The number of nitrogens with two attached hydrogens (primary N) is 1. The lowest BCUT2D eigenvalue weighted by molar-refractivity contribution is -0.118. The van der Waals surface area contributed by atoms with Gasteiger partial charge in [-0.15, -0.1) is 0 Å². The first-order chi connectivity index (χ1) is 7.93. The molecule has 0 saturated heterocycles. The van der Waals surface area contributed by atoms with Crippen LogP contribution in [0.15, 0.2) is 18.5 Å². The van der Waals surface area contributed by atoms with E-state index >= 15 is 0 Å². The number of amides is 2. The van der Waals surface area contributed by atoms with E-state index in [1.807, 2.05) is 6.92 Å². The molecule has 0 radical (unpaired) electrons. The molecule has 0 aromatic carbocycles. The molecular formula is C12H17N3O2. The molecule has 2 amide bonds. The van der Waals surface area contributed by atoms with Gasteiger partial charge in [0.15, 0.2) is 0 Å². The van der Waals surface area contributed by atoms with Gasteiger partial charge in [0.25, 0.3) is 5.91 Å². The van der Waals surface area contributed by atoms with Gasteiger partial charge in [0.05, 0.1) is 5.56 Å². The zero-order valence-corrected chi connectivity index (χ0v) is 10.3. The van der Waals surface area contributed by atoms with Crippen LogP contribution in [0.2, 0.25) is 0 Å². The zero-order valence-electron chi connectivity index (χ0n) is 10.3. The molecule has 5 heteroatoms. The lowest BCUT2D eigenvalue weighted by Crippen LogP contribution is -2.38. The van der Waals surface area contributed by atoms with Crippen molar-refractivity contribution in [2.24, 2.45) is 5.73 Å². The fourth-order valence-electron chi connectivity index (χ4n) is 1.51. The van der Waals surface area contributed by atoms with Gasteiger partial charge in [-0.25, -0.2) is 0 Å². The smallest absolute Gasteiger partial charge is 0.255 e. The Morgan fingerprint density at radius 3 is 2.71 bits per heavy atom. The summed E-state index contributed by atoms with van der Waals surface area (Å²) in [5, 5.41) is 0. The average Bonchev–Trinajstić information content (AvgIpc) is 2.27. The van der Waals surface area contributed by atoms with E-state index in [1.165, 1.54) is 11.1 Å². The molecule has 0 saturated carbocycles. The molecule has 0 fully saturated rings. The number of carbonyl (C=O) groups excluding carboxylic acids is 2. The third-order valence-electron chi connectivity index (χ3n) is 2.75. The van der Waals surface area contributed by atoms with Crippen molar-refractivity contribution in [3.8, 4) is 0 Å². The van der Waals surface area contributed by atoms with Crippen LogP contribution in [-0.4, -0.2) is 34.8 Å². The molecule has 0 bridgehead atoms. The molecular weight excluding hydrogens is 218 g/mol. The largest absolute Gasteiger partial charge is 0.370 e. The summed E-state index contributed by atoms with van der Waals surface area (Å²) in [6.07, 6.45) is 3.33. The molecule has 0 aliphatic heterocycles. The summed E-state index contributed by atoms with van der Waals surface area (Å²) < 4.78 is 0. The van der Waals surface area contributed by atoms with E-state index in [4.69, 9.17) is 5.73 Å². The Bertz CT molecular complexity index is 432. The van der Waals surface area contributed by atoms with Crippen molar-refractivity contribution in [2.45, 2.75) is 26.3 Å². The van der Waals surface area contributed by atoms with Gasteiger partial charge in [0.1, 0.15) is 0 Å². The van der Waals surface area contributed by atoms with Crippen molar-refractivity contribution in [3.05, 3.63) is 29.6 Å². The normalized spacial score (nSPS) is 11.9. The third kappa shape index (κ3) is 3.27. The third-order valence-corrected chi connectivity index (χ3v) is 2.75. The first kappa shape index (κ1) is 13.2. The second-order valence-corrected chi connectivity index (χ2v) is 4.13. The van der Waals surface area contributed by atoms with Crippen molar-refractivity contribution in [2.75, 3.05) is 7.05 Å². The minimum Gasteiger partial charge on any atom is -0.370 e. The van der Waals surface area contributed by atoms with Gasteiger partial charge < -0.3 is 10.6 Å². The van der Waals surface area contributed by atoms with E-state index < -0.39 is 5.91 Å². The van der Waals surface area contributed by atoms with E-state index in [0.29, 0.717) is 5.56 Å². The Kier molecular flexibility index (Phi) is 4.20. The minimum atomic E-state index is -0.417. The average molecular weight is 235 g/mol. The topological polar surface area (TPSA) is 76.3 Å². The molecule has 17 heavy (non-hydrogen) atoms. The summed E-state index contributed by atoms with van der Waals surface area (Å²) in [5.41, 5.74) is 6.52. The molecule has 92 valence electrons. The second kappa shape index (κ2) is 5.43. The number of aryl methyl sites for hydroxylation is 1. The SMILES string of the molecule is Cc1ccncc1C(=O)N(C)[C@@H](C)CC(N)=O. The highest BCUT2D eigenvalue weighted by Crippen LogP contribution is 2.11. The van der Waals surface area contributed by atoms with Crippen LogP contribution in [0.3, 0.4) is 0 Å². The highest BCUT2D eigenvalue weighted by Gasteiger charge is 2.20. The number of rotatable bonds is 4. The van der Waals surface area contributed by atoms with E-state index in [0.717, 1.165) is 5.56 Å². The molecule has 1 aromatic heterocycles. The summed E-state index contributed by atoms with van der Waals surface area (Å²) in [5.74, 6) is -0.565. The predicted molar refractivity (Wildman–Crippen MR) is 64.3 cm³/mol. The van der Waals surface area contributed by atoms with E-state index in [2.05, 4.69) is 4.98 Å². The van der Waals surface area contributed by atoms with Crippen molar-refractivity contribution in [1.29, 1.82) is 0 Å². The predicted octanol–water partition coefficient (Wildman–Crippen LogP) is 0.726. The molecule has 1 heterocycles. The Morgan fingerprint density at radius 1 is 1.53 bits per heavy atom. The number of primary amides is 1. The summed E-state index contributed by atoms with van der Waals surface area (Å²) in [6.45, 7) is 3.63. The lowest BCUT2D eigenvalue weighted by Gasteiger charge is -2.24. The number of hydrogen-bond donors (Lipinski definition) is 1. The number of aromatic nitrogens is 1. The number of nitrogens with zero attached hydrogens (tertiary/aromatic N) is 2. The zero-order chi connectivity index (χ0) is 13.0. The molecule has 2 N–H and O–H groups in total. The first-order valence-electron chi connectivity index (χ1n) is 5.39. The maximum absolute atomic E-state index is 12.1. The van der Waals surface area contributed by atoms with Crippen molar-refractivity contribution in [1.82, 2.24) is 9.88 Å². The van der Waals surface area contributed by atoms with Crippen LogP contribution in [0.25, 0.3) is 0 Å². The highest BCUT2D eigenvalue weighted by atomic mass is 16.2. The highest BCUT2D eigenvalue weighted by molar-refractivity contribution is 5.95. The minimum absolute atomic E-state index is 0.149. The molecule has 0 unspecified atom stereocenters. The molecule has 1 rings (SSSR count). The maximum Gasteiger partial charge on any atom is 0.255 e. The van der Waals surface area contributed by atoms with Crippen molar-refractivity contribution < 1.29 is 9.59 Å². The second-order valence-electron chi connectivity index (χ2n) is 4.13. The van der Waals surface area contributed by atoms with Gasteiger partial charge in [0, 0.05) is 31.9 Å². The van der Waals surface area contributed by atoms with Gasteiger partial charge in [-0.3, -0.25) is 14.6 Å². The van der Waals surface area contributed by atoms with Crippen LogP contribution in [0.5, 0.6) is 0 Å². The van der Waals surface area contributed by atoms with Gasteiger partial charge in [-0.2, -0.15) is 0 Å². The maximum atomic E-state index is 12.1. The van der Waals surface area contributed by atoms with Crippen LogP contribution in [0, 0.1) is 6.92 Å². The first-order valence-corrected chi connectivity index (χ1v) is 5.39. The summed E-state index contributed by atoms with van der Waals surface area (Å²) in [4.78, 5) is 28.4. The van der Waals surface area contributed by atoms with Crippen LogP contribution in [0.1, 0.15) is 29.3 Å². The molecule has 1 atom stereocenters.